The minimum Gasteiger partial charge on any atom is -1.00 e. The number of carboxylic acids is 2. The van der Waals surface area contributed by atoms with Crippen LogP contribution in [0.5, 0.6) is 0 Å². The third-order valence-electron chi connectivity index (χ3n) is 17.0. The Morgan fingerprint density at radius 1 is 0.565 bits per heavy atom. The van der Waals surface area contributed by atoms with Gasteiger partial charge in [-0.2, -0.15) is 22.7 Å². The molecule has 0 aliphatic carbocycles. The zero-order valence-electron chi connectivity index (χ0n) is 47.3. The molecule has 452 valence electrons. The summed E-state index contributed by atoms with van der Waals surface area (Å²) in [5, 5.41) is 31.8. The summed E-state index contributed by atoms with van der Waals surface area (Å²) in [6.45, 7) is 3.01. The fraction of sp³-hybridized carbons (Fsp3) is 0.381. The highest BCUT2D eigenvalue weighted by Crippen LogP contribution is 2.42. The second kappa shape index (κ2) is 29.3. The van der Waals surface area contributed by atoms with E-state index in [1.54, 1.807) is 18.2 Å². The minimum absolute atomic E-state index is 0. The third-order valence-corrected chi connectivity index (χ3v) is 18.4. The molecule has 0 radical (unpaired) electrons. The number of benzene rings is 4. The summed E-state index contributed by atoms with van der Waals surface area (Å²) in [6.07, 6.45) is 10.2. The molecule has 7 aliphatic rings. The number of ether oxygens (including phenoxy) is 3. The predicted octanol–water partition coefficient (Wildman–Crippen LogP) is 10.5. The van der Waals surface area contributed by atoms with Gasteiger partial charge in [-0.25, -0.2) is 37.1 Å². The van der Waals surface area contributed by atoms with E-state index in [9.17, 15) is 37.1 Å². The number of carboxylic acid groups (broad SMARTS) is 2. The topological polar surface area (TPSA) is 196 Å². The van der Waals surface area contributed by atoms with Crippen LogP contribution in [0.1, 0.15) is 64.2 Å². The molecule has 7 saturated heterocycles. The highest BCUT2D eigenvalue weighted by molar-refractivity contribution is 7.08. The van der Waals surface area contributed by atoms with E-state index in [1.807, 2.05) is 64.0 Å². The average Bonchev–Trinajstić information content (AvgIpc) is 2.24. The van der Waals surface area contributed by atoms with E-state index in [0.29, 0.717) is 76.0 Å². The van der Waals surface area contributed by atoms with Crippen molar-refractivity contribution in [2.24, 2.45) is 5.92 Å². The van der Waals surface area contributed by atoms with Crippen molar-refractivity contribution in [3.8, 4) is 33.4 Å². The number of amides is 3. The lowest BCUT2D eigenvalue weighted by atomic mass is 9.86. The first-order chi connectivity index (χ1) is 40.3. The quantitative estimate of drug-likeness (QED) is 0.0469. The number of thiophene rings is 2. The number of aliphatic carboxylic acids is 2. The molecule has 3 unspecified atom stereocenters. The number of halogens is 4. The highest BCUT2D eigenvalue weighted by Gasteiger charge is 2.50. The largest absolute Gasteiger partial charge is 1.00 e. The molecule has 85 heavy (non-hydrogen) atoms. The van der Waals surface area contributed by atoms with Gasteiger partial charge in [-0.05, 0) is 157 Å². The second-order valence-corrected chi connectivity index (χ2v) is 24.0. The summed E-state index contributed by atoms with van der Waals surface area (Å²) in [5.41, 5.74) is 6.30. The van der Waals surface area contributed by atoms with Gasteiger partial charge in [0.15, 0.2) is 0 Å². The van der Waals surface area contributed by atoms with Crippen LogP contribution in [0, 0.1) is 23.4 Å². The maximum Gasteiger partial charge on any atom is 0.411 e. The first-order valence-electron chi connectivity index (χ1n) is 28.2. The van der Waals surface area contributed by atoms with E-state index in [1.165, 1.54) is 84.8 Å². The highest BCUT2D eigenvalue weighted by atomic mass is 79.9. The Bertz CT molecular complexity index is 3230. The number of nitrogens with zero attached hydrogens (tertiary/aromatic N) is 3. The standard InChI is InChI=1S/C20H23FN2O2S.C20H21FN2O2.C19H21FN2O2S.C4H4O4.BrH/c1-23(2)15-4-5-16(23)11-17(10-15)25-20(24)22-19-6-3-14(21)9-18(19)13-7-8-26-12-13;21-16-6-7-18(17(12-16)14-4-2-1-3-5-14)22-20(24)25-19-13-23-10-8-15(19)9-11-23;1-22-14-3-4-15(22)10-16(9-14)24-19(23)21-18-5-2-13(20)8-17(18)12-6-7-25-11-12;5-3(6)1-2-4(7)8;/h3,6-9,12,15-17H,4-5,10-11H2,1-2H3;1-7,12,15,19H,8-11,13H2,(H,22,24);2,5-8,11,14-16H,3-4,9-10H2,1H3,(H,21,23);1-2H,(H,5,6)(H,7,8);1H/b;;;2-1+;/t15-,16+,17?;;14-,15+,16?;;. The van der Waals surface area contributed by atoms with Crippen molar-refractivity contribution >= 4 is 70.0 Å². The zero-order chi connectivity index (χ0) is 59.5. The van der Waals surface area contributed by atoms with E-state index in [-0.39, 0.29) is 52.7 Å². The number of carbonyl (C=O) groups excluding carboxylic acids is 3. The van der Waals surface area contributed by atoms with Crippen LogP contribution in [0.4, 0.5) is 44.6 Å². The van der Waals surface area contributed by atoms with Crippen molar-refractivity contribution in [1.82, 2.24) is 9.80 Å². The molecule has 9 heterocycles. The van der Waals surface area contributed by atoms with Gasteiger partial charge in [-0.15, -0.1) is 0 Å². The summed E-state index contributed by atoms with van der Waals surface area (Å²) in [4.78, 5) is 61.1. The average molecular weight is 1270 g/mol. The molecule has 5 N–H and O–H groups in total. The molecule has 0 spiro atoms. The van der Waals surface area contributed by atoms with Gasteiger partial charge in [0.1, 0.15) is 35.8 Å². The van der Waals surface area contributed by atoms with Crippen LogP contribution < -0.4 is 32.9 Å². The van der Waals surface area contributed by atoms with Crippen molar-refractivity contribution < 1.29 is 83.0 Å². The number of hydrogen-bond acceptors (Lipinski definition) is 12. The van der Waals surface area contributed by atoms with Gasteiger partial charge in [0.2, 0.25) is 0 Å². The lowest BCUT2D eigenvalue weighted by Crippen LogP contribution is -3.00. The van der Waals surface area contributed by atoms with E-state index < -0.39 is 30.2 Å². The first-order valence-corrected chi connectivity index (χ1v) is 30.1. The summed E-state index contributed by atoms with van der Waals surface area (Å²) in [5.74, 6) is -3.05. The van der Waals surface area contributed by atoms with Crippen molar-refractivity contribution in [3.05, 3.63) is 148 Å². The predicted molar refractivity (Wildman–Crippen MR) is 318 cm³/mol. The molecule has 2 aromatic heterocycles. The summed E-state index contributed by atoms with van der Waals surface area (Å²) < 4.78 is 59.1. The van der Waals surface area contributed by atoms with Crippen LogP contribution in [0.25, 0.3) is 33.4 Å². The zero-order valence-corrected chi connectivity index (χ0v) is 50.6. The Labute approximate surface area is 510 Å². The van der Waals surface area contributed by atoms with Gasteiger partial charge >= 0.3 is 30.2 Å². The lowest BCUT2D eigenvalue weighted by Gasteiger charge is -2.43. The van der Waals surface area contributed by atoms with Crippen LogP contribution in [0.15, 0.2) is 131 Å². The minimum atomic E-state index is -1.26. The van der Waals surface area contributed by atoms with Gasteiger partial charge < -0.3 is 50.8 Å². The molecule has 6 bridgehead atoms. The monoisotopic (exact) mass is 1270 g/mol. The van der Waals surface area contributed by atoms with Crippen molar-refractivity contribution in [3.63, 3.8) is 0 Å². The molecule has 7 atom stereocenters. The SMILES string of the molecule is CN1[C@@H]2CC[C@H]1CC(OC(=O)Nc1ccc(F)cc1-c1ccsc1)C2.C[N+]1(C)[C@@H]2CC[C@H]1CC(OC(=O)Nc1ccc(F)cc1-c1ccsc1)C2.O=C(Nc1ccc(F)cc1-c1ccccc1)OC1CN2CCC1CC2.O=C(O)/C=C/C(=O)O.[Br-]. The van der Waals surface area contributed by atoms with Crippen LogP contribution in [-0.4, -0.2) is 138 Å². The number of piperidine rings is 5. The van der Waals surface area contributed by atoms with E-state index >= 15 is 0 Å². The molecule has 16 nitrogen and oxygen atoms in total. The Balaban J connectivity index is 0.000000155. The Hall–Kier alpha value is -7.08. The molecule has 13 rings (SSSR count). The number of carbonyl (C=O) groups is 5. The van der Waals surface area contributed by atoms with Gasteiger partial charge in [0, 0.05) is 86.0 Å². The number of hydrogen-bond donors (Lipinski definition) is 5. The molecule has 7 fully saturated rings. The van der Waals surface area contributed by atoms with Crippen LogP contribution in [-0.2, 0) is 23.8 Å². The van der Waals surface area contributed by atoms with Gasteiger partial charge in [-0.1, -0.05) is 30.3 Å². The number of fused-ring (bicyclic) bond motifs is 7. The maximum atomic E-state index is 13.7. The summed E-state index contributed by atoms with van der Waals surface area (Å²) >= 11 is 3.07. The fourth-order valence-electron chi connectivity index (χ4n) is 12.5. The van der Waals surface area contributed by atoms with Crippen molar-refractivity contribution in [2.75, 3.05) is 56.7 Å². The van der Waals surface area contributed by atoms with Crippen LogP contribution in [0.2, 0.25) is 0 Å². The maximum absolute atomic E-state index is 13.7. The second-order valence-electron chi connectivity index (χ2n) is 22.5. The van der Waals surface area contributed by atoms with Crippen LogP contribution >= 0.6 is 22.7 Å². The molecule has 0 saturated carbocycles. The van der Waals surface area contributed by atoms with E-state index in [0.717, 1.165) is 79.3 Å². The molecular formula is C63H70BrF3N6O10S2. The Kier molecular flexibility index (Phi) is 22.1. The third kappa shape index (κ3) is 17.1. The van der Waals surface area contributed by atoms with Crippen molar-refractivity contribution in [2.45, 2.75) is 107 Å². The fourth-order valence-corrected chi connectivity index (χ4v) is 13.8. The van der Waals surface area contributed by atoms with Crippen molar-refractivity contribution in [1.29, 1.82) is 0 Å². The van der Waals surface area contributed by atoms with Gasteiger partial charge in [-0.3, -0.25) is 20.9 Å². The molecule has 3 amide bonds. The smallest absolute Gasteiger partial charge is 0.411 e. The first kappa shape index (κ1) is 63.9. The Morgan fingerprint density at radius 2 is 0.988 bits per heavy atom. The number of anilines is 3. The molecule has 6 aromatic rings. The number of quaternary nitrogens is 1. The van der Waals surface area contributed by atoms with E-state index in [2.05, 4.69) is 46.9 Å². The lowest BCUT2D eigenvalue weighted by molar-refractivity contribution is -0.931. The molecule has 7 aliphatic heterocycles. The molecule has 4 aromatic carbocycles. The van der Waals surface area contributed by atoms with Crippen LogP contribution in [0.3, 0.4) is 0 Å². The molecule has 22 heteroatoms. The summed E-state index contributed by atoms with van der Waals surface area (Å²) in [6, 6.07) is 28.5. The number of rotatable bonds is 11. The normalized spacial score (nSPS) is 23.9. The Morgan fingerprint density at radius 3 is 1.39 bits per heavy atom. The van der Waals surface area contributed by atoms with E-state index in [4.69, 9.17) is 24.4 Å². The van der Waals surface area contributed by atoms with Gasteiger partial charge in [0.25, 0.3) is 0 Å². The van der Waals surface area contributed by atoms with Gasteiger partial charge in [0.05, 0.1) is 43.2 Å². The number of nitrogens with one attached hydrogen (secondary N) is 3. The summed E-state index contributed by atoms with van der Waals surface area (Å²) in [7, 11) is 6.72. The molecular weight excluding hydrogens is 1200 g/mol.